The summed E-state index contributed by atoms with van der Waals surface area (Å²) in [5.74, 6) is 0. The van der Waals surface area contributed by atoms with Crippen molar-refractivity contribution in [1.29, 1.82) is 0 Å². The van der Waals surface area contributed by atoms with Crippen LogP contribution in [0.5, 0.6) is 0 Å². The van der Waals surface area contributed by atoms with Crippen molar-refractivity contribution >= 4 is 6.03 Å². The number of amides is 2. The van der Waals surface area contributed by atoms with Crippen LogP contribution in [0.15, 0.2) is 0 Å². The minimum Gasteiger partial charge on any atom is -0.338 e. The number of hydrogen-bond acceptors (Lipinski definition) is 3. The summed E-state index contributed by atoms with van der Waals surface area (Å²) in [5.41, 5.74) is 0. The molecule has 0 saturated carbocycles. The molecule has 2 fully saturated rings. The van der Waals surface area contributed by atoms with E-state index in [4.69, 9.17) is 0 Å². The normalized spacial score (nSPS) is 27.1. The summed E-state index contributed by atoms with van der Waals surface area (Å²) in [6, 6.07) is 0.781. The third-order valence-corrected chi connectivity index (χ3v) is 3.48. The summed E-state index contributed by atoms with van der Waals surface area (Å²) in [4.78, 5) is 16.0. The fourth-order valence-electron chi connectivity index (χ4n) is 2.50. The Morgan fingerprint density at radius 1 is 1.38 bits per heavy atom. The molecule has 0 aromatic heterocycles. The van der Waals surface area contributed by atoms with Crippen LogP contribution in [-0.2, 0) is 0 Å². The number of nitrogens with zero attached hydrogens (tertiary/aromatic N) is 2. The molecule has 2 saturated heterocycles. The number of carbonyl (C=O) groups excluding carboxylic acids is 1. The summed E-state index contributed by atoms with van der Waals surface area (Å²) in [6.07, 6.45) is 1.25. The van der Waals surface area contributed by atoms with Gasteiger partial charge in [0, 0.05) is 45.3 Å². The van der Waals surface area contributed by atoms with E-state index in [1.165, 1.54) is 6.42 Å². The molecule has 1 unspecified atom stereocenters. The van der Waals surface area contributed by atoms with Crippen LogP contribution in [0, 0.1) is 0 Å². The largest absolute Gasteiger partial charge is 0.338 e. The highest BCUT2D eigenvalue weighted by Crippen LogP contribution is 2.11. The van der Waals surface area contributed by atoms with Gasteiger partial charge >= 0.3 is 6.03 Å². The number of piperazine rings is 1. The van der Waals surface area contributed by atoms with Crippen LogP contribution in [-0.4, -0.2) is 67.7 Å². The number of rotatable bonds is 2. The molecule has 0 aromatic carbocycles. The van der Waals surface area contributed by atoms with Crippen molar-refractivity contribution < 1.29 is 4.79 Å². The molecule has 2 amide bonds. The topological polar surface area (TPSA) is 47.6 Å². The zero-order chi connectivity index (χ0) is 11.4. The Kier molecular flexibility index (Phi) is 4.01. The first-order chi connectivity index (χ1) is 7.81. The highest BCUT2D eigenvalue weighted by Gasteiger charge is 2.27. The Bertz CT molecular complexity index is 232. The quantitative estimate of drug-likeness (QED) is 0.679. The zero-order valence-corrected chi connectivity index (χ0v) is 10.0. The molecule has 0 aromatic rings. The van der Waals surface area contributed by atoms with E-state index in [-0.39, 0.29) is 6.03 Å². The predicted molar refractivity (Wildman–Crippen MR) is 63.5 cm³/mol. The summed E-state index contributed by atoms with van der Waals surface area (Å²) >= 11 is 0. The van der Waals surface area contributed by atoms with Gasteiger partial charge in [-0.2, -0.15) is 0 Å². The molecule has 2 heterocycles. The van der Waals surface area contributed by atoms with Crippen LogP contribution in [0.3, 0.4) is 0 Å². The van der Waals surface area contributed by atoms with E-state index in [1.54, 1.807) is 0 Å². The Balaban J connectivity index is 1.75. The van der Waals surface area contributed by atoms with E-state index >= 15 is 0 Å². The van der Waals surface area contributed by atoms with E-state index in [9.17, 15) is 4.79 Å². The third kappa shape index (κ3) is 2.65. The standard InChI is InChI=1S/C11H22N4O/c1-2-13-11(16)15-7-5-14(6-8-15)10-3-4-12-9-10/h10,12H,2-9H2,1H3,(H,13,16). The van der Waals surface area contributed by atoms with Gasteiger partial charge in [0.2, 0.25) is 0 Å². The molecule has 2 N–H and O–H groups in total. The van der Waals surface area contributed by atoms with Gasteiger partial charge < -0.3 is 15.5 Å². The molecule has 0 spiro atoms. The average Bonchev–Trinajstić information content (AvgIpc) is 2.83. The van der Waals surface area contributed by atoms with E-state index in [1.807, 2.05) is 11.8 Å². The second-order valence-corrected chi connectivity index (χ2v) is 4.51. The highest BCUT2D eigenvalue weighted by atomic mass is 16.2. The van der Waals surface area contributed by atoms with Gasteiger partial charge in [-0.05, 0) is 19.9 Å². The molecule has 92 valence electrons. The first kappa shape index (κ1) is 11.7. The first-order valence-electron chi connectivity index (χ1n) is 6.29. The zero-order valence-electron chi connectivity index (χ0n) is 10.0. The van der Waals surface area contributed by atoms with E-state index in [0.717, 1.165) is 39.3 Å². The van der Waals surface area contributed by atoms with Crippen molar-refractivity contribution in [2.75, 3.05) is 45.8 Å². The fraction of sp³-hybridized carbons (Fsp3) is 0.909. The highest BCUT2D eigenvalue weighted by molar-refractivity contribution is 5.74. The van der Waals surface area contributed by atoms with E-state index in [0.29, 0.717) is 12.6 Å². The predicted octanol–water partition coefficient (Wildman–Crippen LogP) is -0.305. The van der Waals surface area contributed by atoms with Crippen LogP contribution < -0.4 is 10.6 Å². The van der Waals surface area contributed by atoms with Crippen molar-refractivity contribution in [3.63, 3.8) is 0 Å². The lowest BCUT2D eigenvalue weighted by Gasteiger charge is -2.37. The first-order valence-corrected chi connectivity index (χ1v) is 6.29. The average molecular weight is 226 g/mol. The lowest BCUT2D eigenvalue weighted by molar-refractivity contribution is 0.114. The van der Waals surface area contributed by atoms with Gasteiger partial charge in [-0.25, -0.2) is 4.79 Å². The molecular weight excluding hydrogens is 204 g/mol. The molecule has 1 atom stereocenters. The van der Waals surface area contributed by atoms with Gasteiger partial charge in [-0.15, -0.1) is 0 Å². The molecule has 2 aliphatic rings. The Morgan fingerprint density at radius 3 is 2.69 bits per heavy atom. The van der Waals surface area contributed by atoms with Crippen LogP contribution in [0.1, 0.15) is 13.3 Å². The second-order valence-electron chi connectivity index (χ2n) is 4.51. The molecule has 5 heteroatoms. The maximum Gasteiger partial charge on any atom is 0.317 e. The van der Waals surface area contributed by atoms with Crippen LogP contribution >= 0.6 is 0 Å². The summed E-state index contributed by atoms with van der Waals surface area (Å²) in [6.45, 7) is 8.68. The lowest BCUT2D eigenvalue weighted by atomic mass is 10.2. The van der Waals surface area contributed by atoms with Gasteiger partial charge in [0.05, 0.1) is 0 Å². The number of nitrogens with one attached hydrogen (secondary N) is 2. The second kappa shape index (κ2) is 5.50. The Morgan fingerprint density at radius 2 is 2.12 bits per heavy atom. The maximum atomic E-state index is 11.6. The number of carbonyl (C=O) groups is 1. The molecule has 16 heavy (non-hydrogen) atoms. The van der Waals surface area contributed by atoms with E-state index in [2.05, 4.69) is 15.5 Å². The van der Waals surface area contributed by atoms with Crippen molar-refractivity contribution in [2.24, 2.45) is 0 Å². The van der Waals surface area contributed by atoms with Gasteiger partial charge in [0.25, 0.3) is 0 Å². The smallest absolute Gasteiger partial charge is 0.317 e. The molecule has 0 bridgehead atoms. The van der Waals surface area contributed by atoms with Crippen LogP contribution in [0.4, 0.5) is 4.79 Å². The molecule has 2 rings (SSSR count). The van der Waals surface area contributed by atoms with Gasteiger partial charge in [0.1, 0.15) is 0 Å². The van der Waals surface area contributed by atoms with Crippen molar-refractivity contribution in [1.82, 2.24) is 20.4 Å². The number of hydrogen-bond donors (Lipinski definition) is 2. The molecule has 0 aliphatic carbocycles. The minimum atomic E-state index is 0.0895. The van der Waals surface area contributed by atoms with Crippen molar-refractivity contribution in [3.05, 3.63) is 0 Å². The van der Waals surface area contributed by atoms with Gasteiger partial charge in [-0.1, -0.05) is 0 Å². The van der Waals surface area contributed by atoms with E-state index < -0.39 is 0 Å². The molecule has 0 radical (unpaired) electrons. The Hall–Kier alpha value is -0.810. The molecule has 2 aliphatic heterocycles. The Labute approximate surface area is 97.2 Å². The van der Waals surface area contributed by atoms with Crippen molar-refractivity contribution in [2.45, 2.75) is 19.4 Å². The van der Waals surface area contributed by atoms with Crippen LogP contribution in [0.25, 0.3) is 0 Å². The summed E-state index contributed by atoms with van der Waals surface area (Å²) < 4.78 is 0. The summed E-state index contributed by atoms with van der Waals surface area (Å²) in [7, 11) is 0. The summed E-state index contributed by atoms with van der Waals surface area (Å²) in [5, 5.41) is 6.25. The van der Waals surface area contributed by atoms with Gasteiger partial charge in [0.15, 0.2) is 0 Å². The fourth-order valence-corrected chi connectivity index (χ4v) is 2.50. The third-order valence-electron chi connectivity index (χ3n) is 3.48. The van der Waals surface area contributed by atoms with Crippen LogP contribution in [0.2, 0.25) is 0 Å². The number of urea groups is 1. The van der Waals surface area contributed by atoms with Crippen molar-refractivity contribution in [3.8, 4) is 0 Å². The molecular formula is C11H22N4O. The molecule has 5 nitrogen and oxygen atoms in total. The lowest BCUT2D eigenvalue weighted by Crippen LogP contribution is -2.54. The SMILES string of the molecule is CCNC(=O)N1CCN(C2CCNC2)CC1. The maximum absolute atomic E-state index is 11.6. The minimum absolute atomic E-state index is 0.0895. The monoisotopic (exact) mass is 226 g/mol. The van der Waals surface area contributed by atoms with Gasteiger partial charge in [-0.3, -0.25) is 4.90 Å².